The van der Waals surface area contributed by atoms with E-state index in [1.54, 1.807) is 12.1 Å². The summed E-state index contributed by atoms with van der Waals surface area (Å²) in [5.41, 5.74) is 0.939. The summed E-state index contributed by atoms with van der Waals surface area (Å²) in [4.78, 5) is 18.2. The van der Waals surface area contributed by atoms with E-state index >= 15 is 0 Å². The van der Waals surface area contributed by atoms with Gasteiger partial charge in [0.2, 0.25) is 0 Å². The molecule has 6 nitrogen and oxygen atoms in total. The number of benzene rings is 1. The van der Waals surface area contributed by atoms with Crippen molar-refractivity contribution in [1.82, 2.24) is 4.98 Å². The van der Waals surface area contributed by atoms with Crippen LogP contribution in [0.5, 0.6) is 0 Å². The van der Waals surface area contributed by atoms with E-state index in [4.69, 9.17) is 21.3 Å². The predicted octanol–water partition coefficient (Wildman–Crippen LogP) is 4.85. The van der Waals surface area contributed by atoms with Gasteiger partial charge in [0, 0.05) is 27.7 Å². The summed E-state index contributed by atoms with van der Waals surface area (Å²) in [6.07, 6.45) is 2.77. The van der Waals surface area contributed by atoms with Crippen LogP contribution in [0.4, 0.5) is 5.13 Å². The van der Waals surface area contributed by atoms with Gasteiger partial charge in [-0.2, -0.15) is 0 Å². The standard InChI is InChI=1S/C22H25ClN2O4S2/c1-11-15-8-9-22(3)10-16-18(12(2)17(22)19(15)29-20(11)26)24-21(30-16)25-31(27,28)14-6-4-13(23)5-7-14/h4-7,11-12,15,17,19H,8-10H2,1-3H3,(H,24,25). The lowest BCUT2D eigenvalue weighted by atomic mass is 9.54. The molecule has 31 heavy (non-hydrogen) atoms. The van der Waals surface area contributed by atoms with E-state index in [1.165, 1.54) is 23.5 Å². The topological polar surface area (TPSA) is 85.4 Å². The molecule has 0 radical (unpaired) electrons. The summed E-state index contributed by atoms with van der Waals surface area (Å²) in [6, 6.07) is 6.06. The summed E-state index contributed by atoms with van der Waals surface area (Å²) >= 11 is 7.29. The number of aromatic nitrogens is 1. The van der Waals surface area contributed by atoms with Crippen LogP contribution >= 0.6 is 22.9 Å². The van der Waals surface area contributed by atoms with E-state index < -0.39 is 10.0 Å². The van der Waals surface area contributed by atoms with Crippen LogP contribution in [0, 0.1) is 23.2 Å². The van der Waals surface area contributed by atoms with E-state index in [0.29, 0.717) is 10.2 Å². The van der Waals surface area contributed by atoms with Crippen molar-refractivity contribution in [2.24, 2.45) is 23.2 Å². The third kappa shape index (κ3) is 3.38. The van der Waals surface area contributed by atoms with Crippen LogP contribution in [0.3, 0.4) is 0 Å². The third-order valence-corrected chi connectivity index (χ3v) is 10.2. The molecule has 0 bridgehead atoms. The average molecular weight is 481 g/mol. The highest BCUT2D eigenvalue weighted by Crippen LogP contribution is 2.59. The maximum Gasteiger partial charge on any atom is 0.309 e. The summed E-state index contributed by atoms with van der Waals surface area (Å²) in [7, 11) is -3.75. The number of carbonyl (C=O) groups excluding carboxylic acids is 1. The molecule has 0 spiro atoms. The summed E-state index contributed by atoms with van der Waals surface area (Å²) < 4.78 is 34.1. The molecule has 0 amide bonds. The number of ether oxygens (including phenoxy) is 1. The number of sulfonamides is 1. The van der Waals surface area contributed by atoms with Crippen molar-refractivity contribution in [3.05, 3.63) is 39.9 Å². The molecule has 1 saturated carbocycles. The molecule has 1 saturated heterocycles. The molecule has 1 aliphatic heterocycles. The van der Waals surface area contributed by atoms with Gasteiger partial charge < -0.3 is 4.74 Å². The minimum Gasteiger partial charge on any atom is -0.461 e. The van der Waals surface area contributed by atoms with E-state index in [9.17, 15) is 13.2 Å². The van der Waals surface area contributed by atoms with Gasteiger partial charge in [0.05, 0.1) is 16.5 Å². The lowest BCUT2D eigenvalue weighted by molar-refractivity contribution is -0.149. The number of halogens is 1. The number of anilines is 1. The van der Waals surface area contributed by atoms with Gasteiger partial charge in [0.15, 0.2) is 5.13 Å². The zero-order valence-corrected chi connectivity index (χ0v) is 20.0. The molecule has 9 heteroatoms. The average Bonchev–Trinajstić information content (AvgIpc) is 3.21. The van der Waals surface area contributed by atoms with Crippen LogP contribution in [0.1, 0.15) is 50.1 Å². The molecule has 2 aromatic rings. The van der Waals surface area contributed by atoms with Crippen LogP contribution in [-0.2, 0) is 26.0 Å². The van der Waals surface area contributed by atoms with E-state index in [1.807, 2.05) is 6.92 Å². The molecule has 6 atom stereocenters. The van der Waals surface area contributed by atoms with Gasteiger partial charge in [0.25, 0.3) is 10.0 Å². The molecule has 1 N–H and O–H groups in total. The SMILES string of the molecule is CC1C(=O)OC2C1CCC1(C)Cc3sc(NS(=O)(=O)c4ccc(Cl)cc4)nc3C(C)C21. The van der Waals surface area contributed by atoms with E-state index in [2.05, 4.69) is 18.6 Å². The molecule has 3 aliphatic rings. The normalized spacial score (nSPS) is 34.5. The summed E-state index contributed by atoms with van der Waals surface area (Å²) in [5, 5.41) is 0.857. The maximum atomic E-state index is 12.8. The molecule has 1 aromatic heterocycles. The Hall–Kier alpha value is -1.64. The zero-order chi connectivity index (χ0) is 22.1. The Morgan fingerprint density at radius 2 is 1.94 bits per heavy atom. The number of esters is 1. The largest absolute Gasteiger partial charge is 0.461 e. The highest BCUT2D eigenvalue weighted by Gasteiger charge is 2.58. The van der Waals surface area contributed by atoms with Crippen LogP contribution in [0.25, 0.3) is 0 Å². The highest BCUT2D eigenvalue weighted by atomic mass is 35.5. The monoisotopic (exact) mass is 480 g/mol. The first-order chi connectivity index (χ1) is 14.6. The molecule has 2 aliphatic carbocycles. The minimum absolute atomic E-state index is 0.0107. The Kier molecular flexibility index (Phi) is 4.92. The number of hydrogen-bond acceptors (Lipinski definition) is 6. The number of nitrogens with one attached hydrogen (secondary N) is 1. The number of hydrogen-bond donors (Lipinski definition) is 1. The van der Waals surface area contributed by atoms with Gasteiger partial charge in [-0.3, -0.25) is 9.52 Å². The Morgan fingerprint density at radius 1 is 1.23 bits per heavy atom. The number of nitrogens with zero attached hydrogens (tertiary/aromatic N) is 1. The Balaban J connectivity index is 1.45. The van der Waals surface area contributed by atoms with Crippen molar-refractivity contribution in [2.45, 2.75) is 57.0 Å². The minimum atomic E-state index is -3.75. The second kappa shape index (κ2) is 7.18. The van der Waals surface area contributed by atoms with Gasteiger partial charge in [0.1, 0.15) is 6.10 Å². The van der Waals surface area contributed by atoms with E-state index in [-0.39, 0.29) is 46.1 Å². The predicted molar refractivity (Wildman–Crippen MR) is 120 cm³/mol. The van der Waals surface area contributed by atoms with Crippen LogP contribution in [0.2, 0.25) is 5.02 Å². The number of rotatable bonds is 3. The van der Waals surface area contributed by atoms with Crippen LogP contribution in [-0.4, -0.2) is 25.5 Å². The first-order valence-electron chi connectivity index (χ1n) is 10.6. The number of fused-ring (bicyclic) bond motifs is 4. The lowest BCUT2D eigenvalue weighted by Crippen LogP contribution is -2.50. The fourth-order valence-corrected chi connectivity index (χ4v) is 8.54. The molecule has 2 heterocycles. The van der Waals surface area contributed by atoms with Crippen molar-refractivity contribution >= 4 is 44.1 Å². The highest BCUT2D eigenvalue weighted by molar-refractivity contribution is 7.93. The zero-order valence-electron chi connectivity index (χ0n) is 17.6. The second-order valence-corrected chi connectivity index (χ2v) is 12.6. The molecule has 6 unspecified atom stereocenters. The molecule has 5 rings (SSSR count). The smallest absolute Gasteiger partial charge is 0.309 e. The summed E-state index contributed by atoms with van der Waals surface area (Å²) in [6.45, 7) is 6.39. The number of thiazole rings is 1. The fourth-order valence-electron chi connectivity index (χ4n) is 5.91. The van der Waals surface area contributed by atoms with E-state index in [0.717, 1.165) is 29.8 Å². The maximum absolute atomic E-state index is 12.8. The van der Waals surface area contributed by atoms with Crippen molar-refractivity contribution in [2.75, 3.05) is 4.72 Å². The van der Waals surface area contributed by atoms with Gasteiger partial charge in [-0.25, -0.2) is 13.4 Å². The first-order valence-corrected chi connectivity index (χ1v) is 13.3. The quantitative estimate of drug-likeness (QED) is 0.634. The molecule has 2 fully saturated rings. The Morgan fingerprint density at radius 3 is 2.65 bits per heavy atom. The first kappa shape index (κ1) is 21.2. The Labute approximate surface area is 191 Å². The van der Waals surface area contributed by atoms with Gasteiger partial charge >= 0.3 is 5.97 Å². The van der Waals surface area contributed by atoms with Crippen LogP contribution in [0.15, 0.2) is 29.2 Å². The molecule has 166 valence electrons. The van der Waals surface area contributed by atoms with Crippen molar-refractivity contribution in [3.63, 3.8) is 0 Å². The van der Waals surface area contributed by atoms with Gasteiger partial charge in [-0.15, -0.1) is 11.3 Å². The molecular formula is C22H25ClN2O4S2. The van der Waals surface area contributed by atoms with Crippen molar-refractivity contribution in [3.8, 4) is 0 Å². The van der Waals surface area contributed by atoms with Gasteiger partial charge in [-0.1, -0.05) is 32.4 Å². The Bertz CT molecular complexity index is 1150. The van der Waals surface area contributed by atoms with Crippen molar-refractivity contribution < 1.29 is 17.9 Å². The third-order valence-electron chi connectivity index (χ3n) is 7.50. The van der Waals surface area contributed by atoms with Crippen molar-refractivity contribution in [1.29, 1.82) is 0 Å². The second-order valence-electron chi connectivity index (χ2n) is 9.42. The van der Waals surface area contributed by atoms with Gasteiger partial charge in [-0.05, 0) is 48.9 Å². The lowest BCUT2D eigenvalue weighted by Gasteiger charge is -2.51. The molecular weight excluding hydrogens is 456 g/mol. The van der Waals surface area contributed by atoms with Crippen LogP contribution < -0.4 is 4.72 Å². The molecule has 1 aromatic carbocycles. The summed E-state index contributed by atoms with van der Waals surface area (Å²) in [5.74, 6) is 0.392. The number of carbonyl (C=O) groups is 1. The fraction of sp³-hybridized carbons (Fsp3) is 0.545.